The molecule has 3 aromatic carbocycles. The van der Waals surface area contributed by atoms with Crippen LogP contribution >= 0.6 is 0 Å². The minimum absolute atomic E-state index is 0.0417. The van der Waals surface area contributed by atoms with Crippen molar-refractivity contribution in [3.8, 4) is 0 Å². The average molecular weight is 662 g/mol. The van der Waals surface area contributed by atoms with Crippen LogP contribution in [-0.2, 0) is 4.74 Å². The van der Waals surface area contributed by atoms with Crippen molar-refractivity contribution in [2.24, 2.45) is 17.8 Å². The number of fused-ring (bicyclic) bond motifs is 3. The van der Waals surface area contributed by atoms with Crippen molar-refractivity contribution < 1.29 is 17.9 Å². The Bertz CT molecular complexity index is 1690. The quantitative estimate of drug-likeness (QED) is 0.277. The molecule has 0 aliphatic carbocycles. The topological polar surface area (TPSA) is 19.0 Å². The Morgan fingerprint density at radius 1 is 0.583 bits per heavy atom. The molecule has 48 heavy (non-hydrogen) atoms. The SMILES string of the molecule is CC1C(OCC(F)(F)F)c2cc(C3c4cc(C5c6ccccc6N(C)C(C)(C)C5C)ccc4N(C)C(C)(C)C3C)ccc2N(C)C1(C)C. The summed E-state index contributed by atoms with van der Waals surface area (Å²) in [5.41, 5.74) is 8.69. The van der Waals surface area contributed by atoms with Crippen LogP contribution < -0.4 is 14.7 Å². The van der Waals surface area contributed by atoms with Crippen molar-refractivity contribution in [2.75, 3.05) is 42.4 Å². The Hall–Kier alpha value is -3.19. The molecule has 6 unspecified atom stereocenters. The molecule has 260 valence electrons. The second-order valence-electron chi connectivity index (χ2n) is 16.5. The Morgan fingerprint density at radius 3 is 1.52 bits per heavy atom. The number of hydrogen-bond acceptors (Lipinski definition) is 4. The van der Waals surface area contributed by atoms with E-state index in [1.165, 1.54) is 28.1 Å². The van der Waals surface area contributed by atoms with E-state index in [2.05, 4.69) is 145 Å². The number of benzene rings is 3. The number of alkyl halides is 3. The van der Waals surface area contributed by atoms with Crippen LogP contribution in [0.3, 0.4) is 0 Å². The van der Waals surface area contributed by atoms with Crippen molar-refractivity contribution >= 4 is 17.1 Å². The van der Waals surface area contributed by atoms with Crippen LogP contribution in [0.5, 0.6) is 0 Å². The van der Waals surface area contributed by atoms with E-state index in [1.807, 2.05) is 14.0 Å². The highest BCUT2D eigenvalue weighted by Crippen LogP contribution is 2.55. The first kappa shape index (κ1) is 34.7. The maximum absolute atomic E-state index is 13.5. The summed E-state index contributed by atoms with van der Waals surface area (Å²) in [7, 11) is 6.43. The van der Waals surface area contributed by atoms with E-state index >= 15 is 0 Å². The Morgan fingerprint density at radius 2 is 1.00 bits per heavy atom. The summed E-state index contributed by atoms with van der Waals surface area (Å²) in [5.74, 6) is 0.660. The lowest BCUT2D eigenvalue weighted by atomic mass is 9.65. The molecule has 3 aliphatic rings. The third-order valence-electron chi connectivity index (χ3n) is 13.6. The predicted octanol–water partition coefficient (Wildman–Crippen LogP) is 10.2. The van der Waals surface area contributed by atoms with E-state index in [1.54, 1.807) is 0 Å². The Balaban J connectivity index is 1.52. The molecule has 6 rings (SSSR count). The van der Waals surface area contributed by atoms with Crippen LogP contribution in [0.1, 0.15) is 108 Å². The van der Waals surface area contributed by atoms with Gasteiger partial charge in [0.15, 0.2) is 0 Å². The van der Waals surface area contributed by atoms with Gasteiger partial charge in [-0.3, -0.25) is 0 Å². The number of hydrogen-bond donors (Lipinski definition) is 0. The molecule has 0 spiro atoms. The van der Waals surface area contributed by atoms with E-state index in [0.29, 0.717) is 5.92 Å². The fraction of sp³-hybridized carbons (Fsp3) is 0.561. The van der Waals surface area contributed by atoms with Gasteiger partial charge in [-0.2, -0.15) is 13.2 Å². The van der Waals surface area contributed by atoms with Gasteiger partial charge in [-0.15, -0.1) is 0 Å². The molecule has 0 aromatic heterocycles. The number of halogens is 3. The molecule has 3 aromatic rings. The first-order valence-corrected chi connectivity index (χ1v) is 17.5. The van der Waals surface area contributed by atoms with Gasteiger partial charge in [-0.1, -0.05) is 63.2 Å². The van der Waals surface area contributed by atoms with Crippen molar-refractivity contribution in [3.63, 3.8) is 0 Å². The minimum atomic E-state index is -4.40. The van der Waals surface area contributed by atoms with Gasteiger partial charge in [-0.25, -0.2) is 0 Å². The van der Waals surface area contributed by atoms with Crippen molar-refractivity contribution in [1.29, 1.82) is 0 Å². The van der Waals surface area contributed by atoms with Gasteiger partial charge in [-0.05, 0) is 93.8 Å². The van der Waals surface area contributed by atoms with E-state index in [-0.39, 0.29) is 40.3 Å². The van der Waals surface area contributed by atoms with E-state index in [9.17, 15) is 13.2 Å². The normalized spacial score (nSPS) is 28.9. The lowest BCUT2D eigenvalue weighted by Crippen LogP contribution is -2.53. The van der Waals surface area contributed by atoms with Crippen LogP contribution in [-0.4, -0.2) is 50.5 Å². The average Bonchev–Trinajstić information content (AvgIpc) is 3.02. The Labute approximate surface area is 286 Å². The minimum Gasteiger partial charge on any atom is -0.369 e. The second-order valence-corrected chi connectivity index (χ2v) is 16.5. The third-order valence-corrected chi connectivity index (χ3v) is 13.6. The molecule has 3 heterocycles. The highest BCUT2D eigenvalue weighted by molar-refractivity contribution is 5.68. The maximum atomic E-state index is 13.5. The standard InChI is InChI=1S/C41H54F3N3O/c1-24-35(29-15-13-14-16-32(29)45(10)38(24,4)5)27-17-19-33-30(21-27)36(25(2)39(6,7)46(33)11)28-18-20-34-31(22-28)37(48-23-41(42,43)44)26(3)40(8,9)47(34)12/h13-22,24-26,35-37H,23H2,1-12H3. The van der Waals surface area contributed by atoms with Gasteiger partial charge in [0.1, 0.15) is 6.61 Å². The van der Waals surface area contributed by atoms with Gasteiger partial charge in [0.2, 0.25) is 0 Å². The summed E-state index contributed by atoms with van der Waals surface area (Å²) < 4.78 is 46.4. The number of para-hydroxylation sites is 1. The number of rotatable bonds is 4. The van der Waals surface area contributed by atoms with Crippen LogP contribution in [0, 0.1) is 17.8 Å². The first-order chi connectivity index (χ1) is 22.2. The second kappa shape index (κ2) is 11.4. The summed E-state index contributed by atoms with van der Waals surface area (Å²) >= 11 is 0. The fourth-order valence-electron chi connectivity index (χ4n) is 8.87. The van der Waals surface area contributed by atoms with Gasteiger partial charge in [0.25, 0.3) is 0 Å². The molecular weight excluding hydrogens is 607 g/mol. The predicted molar refractivity (Wildman–Crippen MR) is 193 cm³/mol. The molecule has 0 saturated heterocycles. The van der Waals surface area contributed by atoms with Crippen LogP contribution in [0.2, 0.25) is 0 Å². The molecule has 3 aliphatic heterocycles. The van der Waals surface area contributed by atoms with Crippen molar-refractivity contribution in [3.05, 3.63) is 88.5 Å². The molecule has 0 amide bonds. The molecule has 0 radical (unpaired) electrons. The largest absolute Gasteiger partial charge is 0.411 e. The molecule has 0 N–H and O–H groups in total. The van der Waals surface area contributed by atoms with Crippen LogP contribution in [0.15, 0.2) is 60.7 Å². The van der Waals surface area contributed by atoms with Crippen LogP contribution in [0.25, 0.3) is 0 Å². The molecule has 4 nitrogen and oxygen atoms in total. The van der Waals surface area contributed by atoms with Gasteiger partial charge in [0.05, 0.1) is 6.10 Å². The number of nitrogens with zero attached hydrogens (tertiary/aromatic N) is 3. The van der Waals surface area contributed by atoms with Gasteiger partial charge in [0, 0.05) is 78.1 Å². The summed E-state index contributed by atoms with van der Waals surface area (Å²) in [6.07, 6.45) is -5.07. The summed E-state index contributed by atoms with van der Waals surface area (Å²) in [5, 5.41) is 0. The molecule has 0 fully saturated rings. The fourth-order valence-corrected chi connectivity index (χ4v) is 8.87. The number of ether oxygens (including phenoxy) is 1. The smallest absolute Gasteiger partial charge is 0.369 e. The van der Waals surface area contributed by atoms with Crippen molar-refractivity contribution in [2.45, 2.75) is 103 Å². The molecule has 7 heteroatoms. The Kier molecular flexibility index (Phi) is 8.26. The number of anilines is 3. The monoisotopic (exact) mass is 661 g/mol. The zero-order chi connectivity index (χ0) is 35.3. The summed E-state index contributed by atoms with van der Waals surface area (Å²) in [6, 6.07) is 22.3. The third kappa shape index (κ3) is 5.21. The zero-order valence-corrected chi connectivity index (χ0v) is 30.8. The lowest BCUT2D eigenvalue weighted by Gasteiger charge is -2.53. The van der Waals surface area contributed by atoms with E-state index in [0.717, 1.165) is 16.8 Å². The van der Waals surface area contributed by atoms with Gasteiger partial charge < -0.3 is 19.4 Å². The zero-order valence-electron chi connectivity index (χ0n) is 30.8. The summed E-state index contributed by atoms with van der Waals surface area (Å²) in [6.45, 7) is 18.9. The maximum Gasteiger partial charge on any atom is 0.411 e. The lowest BCUT2D eigenvalue weighted by molar-refractivity contribution is -0.194. The van der Waals surface area contributed by atoms with Crippen molar-refractivity contribution in [1.82, 2.24) is 0 Å². The van der Waals surface area contributed by atoms with Crippen LogP contribution in [0.4, 0.5) is 30.2 Å². The molecule has 6 atom stereocenters. The van der Waals surface area contributed by atoms with E-state index in [4.69, 9.17) is 4.74 Å². The van der Waals surface area contributed by atoms with E-state index < -0.39 is 18.9 Å². The highest BCUT2D eigenvalue weighted by atomic mass is 19.4. The molecule has 0 saturated carbocycles. The molecular formula is C41H54F3N3O. The highest BCUT2D eigenvalue weighted by Gasteiger charge is 2.48. The van der Waals surface area contributed by atoms with Gasteiger partial charge >= 0.3 is 6.18 Å². The molecule has 0 bridgehead atoms. The summed E-state index contributed by atoms with van der Waals surface area (Å²) in [4.78, 5) is 7.04. The first-order valence-electron chi connectivity index (χ1n) is 17.5.